The molecule has 0 spiro atoms. The minimum atomic E-state index is 0.321. The molecule has 0 aromatic heterocycles. The van der Waals surface area contributed by atoms with Gasteiger partial charge in [0.05, 0.1) is 0 Å². The van der Waals surface area contributed by atoms with Crippen LogP contribution in [0.4, 0.5) is 0 Å². The third-order valence-electron chi connectivity index (χ3n) is 3.70. The van der Waals surface area contributed by atoms with E-state index in [9.17, 15) is 0 Å². The second kappa shape index (κ2) is 5.55. The number of hydrogen-bond acceptors (Lipinski definition) is 3. The van der Waals surface area contributed by atoms with Crippen molar-refractivity contribution in [3.63, 3.8) is 0 Å². The summed E-state index contributed by atoms with van der Waals surface area (Å²) in [7, 11) is 0. The van der Waals surface area contributed by atoms with E-state index >= 15 is 0 Å². The van der Waals surface area contributed by atoms with Crippen molar-refractivity contribution >= 4 is 0 Å². The van der Waals surface area contributed by atoms with Gasteiger partial charge in [0, 0.05) is 12.6 Å². The number of ether oxygens (including phenoxy) is 2. The molecule has 0 radical (unpaired) electrons. The Kier molecular flexibility index (Phi) is 3.61. The predicted molar refractivity (Wildman–Crippen MR) is 79.0 cm³/mol. The molecular weight excluding hydrogens is 250 g/mol. The molecule has 2 aromatic carbocycles. The summed E-state index contributed by atoms with van der Waals surface area (Å²) < 4.78 is 10.7. The van der Waals surface area contributed by atoms with Crippen molar-refractivity contribution in [2.75, 3.05) is 6.79 Å². The molecule has 0 fully saturated rings. The van der Waals surface area contributed by atoms with Crippen LogP contribution in [-0.4, -0.2) is 6.79 Å². The third kappa shape index (κ3) is 2.63. The van der Waals surface area contributed by atoms with Crippen LogP contribution in [0.3, 0.4) is 0 Å². The van der Waals surface area contributed by atoms with Gasteiger partial charge in [0.25, 0.3) is 0 Å². The fraction of sp³-hybridized carbons (Fsp3) is 0.294. The molecule has 1 heterocycles. The minimum absolute atomic E-state index is 0.321. The van der Waals surface area contributed by atoms with Gasteiger partial charge in [0.2, 0.25) is 6.79 Å². The van der Waals surface area contributed by atoms with Gasteiger partial charge in [-0.3, -0.25) is 0 Å². The Morgan fingerprint density at radius 1 is 1.10 bits per heavy atom. The standard InChI is InChI=1S/C17H19NO2/c1-12-5-3-4-6-15(12)13(2)18-10-14-7-8-16-17(9-14)20-11-19-16/h3-9,13,18H,10-11H2,1-2H3. The molecule has 1 atom stereocenters. The first-order valence-electron chi connectivity index (χ1n) is 6.91. The SMILES string of the molecule is Cc1ccccc1C(C)NCc1ccc2c(c1)OCO2. The Morgan fingerprint density at radius 3 is 2.75 bits per heavy atom. The first kappa shape index (κ1) is 13.0. The van der Waals surface area contributed by atoms with Crippen LogP contribution >= 0.6 is 0 Å². The van der Waals surface area contributed by atoms with E-state index < -0.39 is 0 Å². The molecule has 3 heteroatoms. The van der Waals surface area contributed by atoms with Crippen LogP contribution in [0.25, 0.3) is 0 Å². The third-order valence-corrected chi connectivity index (χ3v) is 3.70. The topological polar surface area (TPSA) is 30.5 Å². The Bertz CT molecular complexity index is 610. The Labute approximate surface area is 119 Å². The van der Waals surface area contributed by atoms with E-state index in [1.807, 2.05) is 12.1 Å². The summed E-state index contributed by atoms with van der Waals surface area (Å²) in [5, 5.41) is 3.55. The zero-order valence-corrected chi connectivity index (χ0v) is 11.8. The highest BCUT2D eigenvalue weighted by molar-refractivity contribution is 5.44. The molecule has 20 heavy (non-hydrogen) atoms. The number of fused-ring (bicyclic) bond motifs is 1. The van der Waals surface area contributed by atoms with Crippen molar-refractivity contribution in [2.45, 2.75) is 26.4 Å². The lowest BCUT2D eigenvalue weighted by molar-refractivity contribution is 0.174. The second-order valence-electron chi connectivity index (χ2n) is 5.15. The highest BCUT2D eigenvalue weighted by atomic mass is 16.7. The van der Waals surface area contributed by atoms with Gasteiger partial charge in [0.15, 0.2) is 11.5 Å². The molecule has 1 unspecified atom stereocenters. The average molecular weight is 269 g/mol. The molecule has 1 aliphatic heterocycles. The average Bonchev–Trinajstić information content (AvgIpc) is 2.92. The maximum Gasteiger partial charge on any atom is 0.231 e. The summed E-state index contributed by atoms with van der Waals surface area (Å²) in [4.78, 5) is 0. The maximum atomic E-state index is 5.40. The van der Waals surface area contributed by atoms with Gasteiger partial charge in [-0.15, -0.1) is 0 Å². The summed E-state index contributed by atoms with van der Waals surface area (Å²) in [6.07, 6.45) is 0. The number of benzene rings is 2. The summed E-state index contributed by atoms with van der Waals surface area (Å²) in [6, 6.07) is 14.9. The van der Waals surface area contributed by atoms with Crippen molar-refractivity contribution in [3.05, 3.63) is 59.2 Å². The summed E-state index contributed by atoms with van der Waals surface area (Å²) in [5.74, 6) is 1.67. The van der Waals surface area contributed by atoms with Gasteiger partial charge in [0.1, 0.15) is 0 Å². The van der Waals surface area contributed by atoms with E-state index in [-0.39, 0.29) is 0 Å². The van der Waals surface area contributed by atoms with E-state index in [0.29, 0.717) is 12.8 Å². The molecule has 3 rings (SSSR count). The van der Waals surface area contributed by atoms with Crippen LogP contribution in [0.1, 0.15) is 29.7 Å². The van der Waals surface area contributed by atoms with E-state index in [0.717, 1.165) is 18.0 Å². The molecule has 1 aliphatic rings. The van der Waals surface area contributed by atoms with Crippen LogP contribution in [0, 0.1) is 6.92 Å². The number of aryl methyl sites for hydroxylation is 1. The smallest absolute Gasteiger partial charge is 0.231 e. The van der Waals surface area contributed by atoms with E-state index in [2.05, 4.69) is 49.5 Å². The normalized spacial score (nSPS) is 14.3. The predicted octanol–water partition coefficient (Wildman–Crippen LogP) is 3.57. The molecular formula is C17H19NO2. The molecule has 1 N–H and O–H groups in total. The molecule has 0 saturated carbocycles. The van der Waals surface area contributed by atoms with Crippen LogP contribution in [-0.2, 0) is 6.54 Å². The number of hydrogen-bond donors (Lipinski definition) is 1. The van der Waals surface area contributed by atoms with Crippen molar-refractivity contribution in [3.8, 4) is 11.5 Å². The molecule has 0 saturated heterocycles. The van der Waals surface area contributed by atoms with Crippen molar-refractivity contribution in [2.24, 2.45) is 0 Å². The maximum absolute atomic E-state index is 5.40. The van der Waals surface area contributed by atoms with Crippen molar-refractivity contribution < 1.29 is 9.47 Å². The van der Waals surface area contributed by atoms with Gasteiger partial charge in [-0.05, 0) is 42.7 Å². The van der Waals surface area contributed by atoms with Crippen LogP contribution in [0.2, 0.25) is 0 Å². The monoisotopic (exact) mass is 269 g/mol. The zero-order valence-electron chi connectivity index (χ0n) is 11.8. The molecule has 2 aromatic rings. The van der Waals surface area contributed by atoms with Gasteiger partial charge in [-0.2, -0.15) is 0 Å². The van der Waals surface area contributed by atoms with Gasteiger partial charge in [-0.25, -0.2) is 0 Å². The lowest BCUT2D eigenvalue weighted by Gasteiger charge is -2.16. The quantitative estimate of drug-likeness (QED) is 0.920. The molecule has 0 bridgehead atoms. The van der Waals surface area contributed by atoms with Crippen LogP contribution in [0.15, 0.2) is 42.5 Å². The first-order valence-corrected chi connectivity index (χ1v) is 6.91. The molecule has 104 valence electrons. The Balaban J connectivity index is 1.66. The Morgan fingerprint density at radius 2 is 1.90 bits per heavy atom. The van der Waals surface area contributed by atoms with E-state index in [1.54, 1.807) is 0 Å². The molecule has 0 amide bonds. The van der Waals surface area contributed by atoms with Gasteiger partial charge < -0.3 is 14.8 Å². The summed E-state index contributed by atoms with van der Waals surface area (Å²) in [5.41, 5.74) is 3.86. The van der Waals surface area contributed by atoms with Gasteiger partial charge in [-0.1, -0.05) is 30.3 Å². The fourth-order valence-electron chi connectivity index (χ4n) is 2.50. The van der Waals surface area contributed by atoms with Crippen LogP contribution in [0.5, 0.6) is 11.5 Å². The van der Waals surface area contributed by atoms with Gasteiger partial charge >= 0.3 is 0 Å². The molecule has 3 nitrogen and oxygen atoms in total. The largest absolute Gasteiger partial charge is 0.454 e. The molecule has 0 aliphatic carbocycles. The minimum Gasteiger partial charge on any atom is -0.454 e. The summed E-state index contributed by atoms with van der Waals surface area (Å²) >= 11 is 0. The lowest BCUT2D eigenvalue weighted by Crippen LogP contribution is -2.18. The van der Waals surface area contributed by atoms with E-state index in [1.165, 1.54) is 16.7 Å². The van der Waals surface area contributed by atoms with Crippen molar-refractivity contribution in [1.82, 2.24) is 5.32 Å². The summed E-state index contributed by atoms with van der Waals surface area (Å²) in [6.45, 7) is 5.47. The second-order valence-corrected chi connectivity index (χ2v) is 5.15. The fourth-order valence-corrected chi connectivity index (χ4v) is 2.50. The lowest BCUT2D eigenvalue weighted by atomic mass is 10.0. The van der Waals surface area contributed by atoms with Crippen LogP contribution < -0.4 is 14.8 Å². The number of rotatable bonds is 4. The highest BCUT2D eigenvalue weighted by Gasteiger charge is 2.13. The first-order chi connectivity index (χ1) is 9.74. The Hall–Kier alpha value is -2.00. The van der Waals surface area contributed by atoms with E-state index in [4.69, 9.17) is 9.47 Å². The zero-order chi connectivity index (χ0) is 13.9. The number of nitrogens with one attached hydrogen (secondary N) is 1. The highest BCUT2D eigenvalue weighted by Crippen LogP contribution is 2.32. The van der Waals surface area contributed by atoms with Crippen molar-refractivity contribution in [1.29, 1.82) is 0 Å².